The molecule has 1 unspecified atom stereocenters. The molecule has 1 aromatic heterocycles. The summed E-state index contributed by atoms with van der Waals surface area (Å²) in [5.41, 5.74) is 5.86. The number of oxime groups is 1. The second-order valence-corrected chi connectivity index (χ2v) is 9.29. The highest BCUT2D eigenvalue weighted by molar-refractivity contribution is 6.27. The lowest BCUT2D eigenvalue weighted by molar-refractivity contribution is -0.159. The fourth-order valence-corrected chi connectivity index (χ4v) is 4.82. The van der Waals surface area contributed by atoms with Gasteiger partial charge in [-0.25, -0.2) is 9.59 Å². The van der Waals surface area contributed by atoms with Gasteiger partial charge in [0.1, 0.15) is 6.10 Å². The number of rotatable bonds is 10. The molecule has 4 N–H and O–H groups in total. The molecule has 0 fully saturated rings. The zero-order chi connectivity index (χ0) is 28.6. The van der Waals surface area contributed by atoms with Crippen molar-refractivity contribution in [2.24, 2.45) is 5.16 Å². The number of aryl methyl sites for hydroxylation is 2. The third kappa shape index (κ3) is 6.57. The van der Waals surface area contributed by atoms with Gasteiger partial charge in [-0.15, -0.1) is 0 Å². The monoisotopic (exact) mass is 555 g/mol. The van der Waals surface area contributed by atoms with Gasteiger partial charge in [0, 0.05) is 41.5 Å². The molecule has 5 rings (SSSR count). The minimum absolute atomic E-state index is 0.0513. The van der Waals surface area contributed by atoms with Gasteiger partial charge in [0.25, 0.3) is 0 Å². The third-order valence-corrected chi connectivity index (χ3v) is 6.62. The van der Waals surface area contributed by atoms with Crippen LogP contribution in [0.25, 0.3) is 10.9 Å². The maximum atomic E-state index is 9.10. The van der Waals surface area contributed by atoms with Crippen LogP contribution >= 0.6 is 0 Å². The number of ether oxygens (including phenoxy) is 4. The van der Waals surface area contributed by atoms with Crippen LogP contribution in [-0.2, 0) is 27.3 Å². The first-order chi connectivity index (χ1) is 19.3. The van der Waals surface area contributed by atoms with Crippen molar-refractivity contribution in [2.75, 3.05) is 34.1 Å². The van der Waals surface area contributed by atoms with Gasteiger partial charge in [0.05, 0.1) is 19.9 Å². The lowest BCUT2D eigenvalue weighted by atomic mass is 10.0. The molecule has 2 aromatic carbocycles. The van der Waals surface area contributed by atoms with Crippen LogP contribution < -0.4 is 24.3 Å². The van der Waals surface area contributed by atoms with Gasteiger partial charge < -0.3 is 44.3 Å². The SMILES string of the molecule is COc1cc(CC2CC(CNCCCc3c(C)[nH]c4ccccc34)=NO2)c(OC)c2c1OCO2.O=C(O)C(=O)O. The highest BCUT2D eigenvalue weighted by atomic mass is 16.7. The number of aromatic amines is 1. The number of hydrogen-bond donors (Lipinski definition) is 4. The first-order valence-corrected chi connectivity index (χ1v) is 12.8. The van der Waals surface area contributed by atoms with E-state index >= 15 is 0 Å². The topological polar surface area (TPSA) is 161 Å². The first-order valence-electron chi connectivity index (χ1n) is 12.8. The normalized spacial score (nSPS) is 15.2. The summed E-state index contributed by atoms with van der Waals surface area (Å²) < 4.78 is 22.2. The van der Waals surface area contributed by atoms with Crippen LogP contribution in [0.4, 0.5) is 0 Å². The van der Waals surface area contributed by atoms with E-state index in [0.717, 1.165) is 43.6 Å². The number of carboxylic acid groups (broad SMARTS) is 2. The van der Waals surface area contributed by atoms with Crippen molar-refractivity contribution in [1.29, 1.82) is 0 Å². The van der Waals surface area contributed by atoms with E-state index in [4.69, 9.17) is 43.6 Å². The molecule has 3 aromatic rings. The summed E-state index contributed by atoms with van der Waals surface area (Å²) in [5, 5.41) is 23.9. The summed E-state index contributed by atoms with van der Waals surface area (Å²) in [5.74, 6) is -1.18. The minimum Gasteiger partial charge on any atom is -0.493 e. The Balaban J connectivity index is 0.000000557. The average molecular weight is 556 g/mol. The molecule has 0 bridgehead atoms. The maximum Gasteiger partial charge on any atom is 0.414 e. The second kappa shape index (κ2) is 13.1. The molecule has 3 heterocycles. The number of methoxy groups -OCH3 is 2. The lowest BCUT2D eigenvalue weighted by Crippen LogP contribution is -2.24. The maximum absolute atomic E-state index is 9.10. The predicted molar refractivity (Wildman–Crippen MR) is 146 cm³/mol. The number of aromatic nitrogens is 1. The van der Waals surface area contributed by atoms with E-state index in [1.807, 2.05) is 6.07 Å². The van der Waals surface area contributed by atoms with Gasteiger partial charge in [-0.2, -0.15) is 0 Å². The van der Waals surface area contributed by atoms with Crippen molar-refractivity contribution in [3.8, 4) is 23.0 Å². The van der Waals surface area contributed by atoms with Crippen molar-refractivity contribution in [3.63, 3.8) is 0 Å². The number of aliphatic carboxylic acids is 2. The van der Waals surface area contributed by atoms with E-state index in [9.17, 15) is 0 Å². The number of nitrogens with zero attached hydrogens (tertiary/aromatic N) is 1. The van der Waals surface area contributed by atoms with Crippen LogP contribution in [0, 0.1) is 6.92 Å². The molecule has 0 aliphatic carbocycles. The van der Waals surface area contributed by atoms with E-state index in [-0.39, 0.29) is 12.9 Å². The molecule has 2 aliphatic heterocycles. The molecule has 12 heteroatoms. The number of benzene rings is 2. The Bertz CT molecular complexity index is 1390. The number of para-hydroxylation sites is 1. The zero-order valence-corrected chi connectivity index (χ0v) is 22.6. The molecule has 0 saturated heterocycles. The molecule has 2 aliphatic rings. The molecular weight excluding hydrogens is 522 g/mol. The highest BCUT2D eigenvalue weighted by Crippen LogP contribution is 2.50. The van der Waals surface area contributed by atoms with Gasteiger partial charge in [-0.05, 0) is 44.0 Å². The van der Waals surface area contributed by atoms with Crippen molar-refractivity contribution in [1.82, 2.24) is 10.3 Å². The molecule has 12 nitrogen and oxygen atoms in total. The van der Waals surface area contributed by atoms with E-state index in [2.05, 4.69) is 46.6 Å². The second-order valence-electron chi connectivity index (χ2n) is 9.29. The number of H-pyrrole nitrogens is 1. The average Bonchev–Trinajstić information content (AvgIpc) is 3.67. The summed E-state index contributed by atoms with van der Waals surface area (Å²) in [6.07, 6.45) is 3.47. The molecule has 1 atom stereocenters. The van der Waals surface area contributed by atoms with Crippen LogP contribution in [-0.4, -0.2) is 73.1 Å². The summed E-state index contributed by atoms with van der Waals surface area (Å²) in [7, 11) is 3.25. The Kier molecular flexibility index (Phi) is 9.33. The predicted octanol–water partition coefficient (Wildman–Crippen LogP) is 3.29. The van der Waals surface area contributed by atoms with E-state index in [1.165, 1.54) is 22.2 Å². The molecule has 0 amide bonds. The smallest absolute Gasteiger partial charge is 0.414 e. The van der Waals surface area contributed by atoms with Gasteiger partial charge in [-0.3, -0.25) is 0 Å². The lowest BCUT2D eigenvalue weighted by Gasteiger charge is -2.15. The molecule has 40 heavy (non-hydrogen) atoms. The molecule has 0 saturated carbocycles. The van der Waals surface area contributed by atoms with Gasteiger partial charge >= 0.3 is 11.9 Å². The summed E-state index contributed by atoms with van der Waals surface area (Å²) in [6.45, 7) is 3.96. The van der Waals surface area contributed by atoms with Crippen molar-refractivity contribution in [3.05, 3.63) is 47.2 Å². The van der Waals surface area contributed by atoms with Crippen LogP contribution in [0.15, 0.2) is 35.5 Å². The van der Waals surface area contributed by atoms with Gasteiger partial charge in [0.2, 0.25) is 18.3 Å². The first kappa shape index (κ1) is 28.6. The number of carboxylic acids is 2. The van der Waals surface area contributed by atoms with Crippen LogP contribution in [0.5, 0.6) is 23.0 Å². The quantitative estimate of drug-likeness (QED) is 0.216. The fraction of sp³-hybridized carbons (Fsp3) is 0.393. The summed E-state index contributed by atoms with van der Waals surface area (Å²) in [6, 6.07) is 10.4. The van der Waals surface area contributed by atoms with Gasteiger partial charge in [-0.1, -0.05) is 23.4 Å². The number of nitrogens with one attached hydrogen (secondary N) is 2. The van der Waals surface area contributed by atoms with Gasteiger partial charge in [0.15, 0.2) is 11.5 Å². The van der Waals surface area contributed by atoms with Crippen LogP contribution in [0.2, 0.25) is 0 Å². The Morgan fingerprint density at radius 2 is 1.88 bits per heavy atom. The van der Waals surface area contributed by atoms with Crippen molar-refractivity contribution in [2.45, 2.75) is 38.7 Å². The Labute approximate surface area is 230 Å². The molecular formula is C28H33N3O9. The van der Waals surface area contributed by atoms with Crippen LogP contribution in [0.3, 0.4) is 0 Å². The number of hydrogen-bond acceptors (Lipinski definition) is 9. The van der Waals surface area contributed by atoms with Crippen molar-refractivity contribution >= 4 is 28.6 Å². The molecule has 214 valence electrons. The Morgan fingerprint density at radius 1 is 1.12 bits per heavy atom. The number of carbonyl (C=O) groups is 2. The van der Waals surface area contributed by atoms with E-state index in [1.54, 1.807) is 14.2 Å². The third-order valence-electron chi connectivity index (χ3n) is 6.62. The number of fused-ring (bicyclic) bond motifs is 2. The Hall–Kier alpha value is -4.45. The van der Waals surface area contributed by atoms with E-state index in [0.29, 0.717) is 29.4 Å². The zero-order valence-electron chi connectivity index (χ0n) is 22.6. The highest BCUT2D eigenvalue weighted by Gasteiger charge is 2.30. The van der Waals surface area contributed by atoms with Crippen molar-refractivity contribution < 1.29 is 43.6 Å². The minimum atomic E-state index is -1.82. The summed E-state index contributed by atoms with van der Waals surface area (Å²) in [4.78, 5) is 27.4. The molecule has 0 radical (unpaired) electrons. The Morgan fingerprint density at radius 3 is 2.60 bits per heavy atom. The standard InChI is InChI=1S/C26H31N3O5.C2H2O4/c1-16-20(21-7-4-5-9-22(21)28-16)8-6-10-27-14-18-13-19(34-29-18)11-17-12-23(30-2)25-26(24(17)31-3)33-15-32-25;3-1(4)2(5)6/h4-5,7,9,12,19,27-28H,6,8,10-11,13-15H2,1-3H3;(H,3,4)(H,5,6). The largest absolute Gasteiger partial charge is 0.493 e. The molecule has 0 spiro atoms. The summed E-state index contributed by atoms with van der Waals surface area (Å²) >= 11 is 0. The van der Waals surface area contributed by atoms with E-state index < -0.39 is 11.9 Å². The fourth-order valence-electron chi connectivity index (χ4n) is 4.82. The van der Waals surface area contributed by atoms with Crippen LogP contribution in [0.1, 0.15) is 29.7 Å².